The van der Waals surface area contributed by atoms with Crippen molar-refractivity contribution in [2.24, 2.45) is 0 Å². The third-order valence-electron chi connectivity index (χ3n) is 4.99. The van der Waals surface area contributed by atoms with Gasteiger partial charge in [0, 0.05) is 23.2 Å². The van der Waals surface area contributed by atoms with Crippen LogP contribution in [0.3, 0.4) is 0 Å². The minimum Gasteiger partial charge on any atom is -0.362 e. The first-order valence-electron chi connectivity index (χ1n) is 8.81. The lowest BCUT2D eigenvalue weighted by molar-refractivity contribution is 0.292. The van der Waals surface area contributed by atoms with Crippen LogP contribution in [-0.4, -0.2) is 16.6 Å². The fourth-order valence-corrected chi connectivity index (χ4v) is 4.00. The predicted molar refractivity (Wildman–Crippen MR) is 109 cm³/mol. The maximum Gasteiger partial charge on any atom is 0.171 e. The Bertz CT molecular complexity index is 741. The number of nitrogens with one attached hydrogen (secondary N) is 2. The molecule has 1 saturated carbocycles. The van der Waals surface area contributed by atoms with E-state index in [-0.39, 0.29) is 5.41 Å². The number of rotatable bonds is 4. The van der Waals surface area contributed by atoms with E-state index in [4.69, 9.17) is 23.8 Å². The predicted octanol–water partition coefficient (Wildman–Crippen LogP) is 5.23. The molecule has 0 saturated heterocycles. The minimum absolute atomic E-state index is 0.0922. The molecule has 5 heteroatoms. The van der Waals surface area contributed by atoms with Gasteiger partial charge in [-0.05, 0) is 67.4 Å². The first kappa shape index (κ1) is 18.2. The Morgan fingerprint density at radius 2 is 2.00 bits per heavy atom. The molecule has 1 heterocycles. The van der Waals surface area contributed by atoms with Crippen LogP contribution in [0.4, 0.5) is 5.82 Å². The van der Waals surface area contributed by atoms with Crippen molar-refractivity contribution in [3.63, 3.8) is 0 Å². The van der Waals surface area contributed by atoms with Gasteiger partial charge in [0.15, 0.2) is 5.11 Å². The van der Waals surface area contributed by atoms with Crippen LogP contribution < -0.4 is 10.6 Å². The quantitative estimate of drug-likeness (QED) is 0.719. The number of benzene rings is 1. The van der Waals surface area contributed by atoms with Crippen molar-refractivity contribution in [1.82, 2.24) is 10.3 Å². The molecule has 2 aromatic rings. The number of thiocarbonyl (C=S) groups is 1. The maximum absolute atomic E-state index is 6.24. The SMILES string of the molecule is Cc1ccnc(NC(=S)NCC2(c3cccc(Cl)c3)CCCCC2)c1. The Kier molecular flexibility index (Phi) is 5.92. The Balaban J connectivity index is 1.69. The highest BCUT2D eigenvalue weighted by molar-refractivity contribution is 7.80. The Morgan fingerprint density at radius 3 is 2.72 bits per heavy atom. The van der Waals surface area contributed by atoms with Gasteiger partial charge < -0.3 is 10.6 Å². The lowest BCUT2D eigenvalue weighted by Crippen LogP contribution is -2.43. The van der Waals surface area contributed by atoms with E-state index in [1.54, 1.807) is 6.20 Å². The number of nitrogens with zero attached hydrogens (tertiary/aromatic N) is 1. The summed E-state index contributed by atoms with van der Waals surface area (Å²) in [5.41, 5.74) is 2.56. The summed E-state index contributed by atoms with van der Waals surface area (Å²) in [5, 5.41) is 8.02. The second-order valence-electron chi connectivity index (χ2n) is 6.88. The maximum atomic E-state index is 6.24. The summed E-state index contributed by atoms with van der Waals surface area (Å²) >= 11 is 11.7. The molecule has 1 aromatic heterocycles. The van der Waals surface area contributed by atoms with Crippen molar-refractivity contribution in [3.8, 4) is 0 Å². The lowest BCUT2D eigenvalue weighted by atomic mass is 9.69. The van der Waals surface area contributed by atoms with Crippen molar-refractivity contribution >= 4 is 34.7 Å². The summed E-state index contributed by atoms with van der Waals surface area (Å²) in [6.45, 7) is 2.85. The van der Waals surface area contributed by atoms with Crippen molar-refractivity contribution in [3.05, 3.63) is 58.7 Å². The topological polar surface area (TPSA) is 37.0 Å². The summed E-state index contributed by atoms with van der Waals surface area (Å²) in [4.78, 5) is 4.31. The zero-order valence-corrected chi connectivity index (χ0v) is 16.1. The fraction of sp³-hybridized carbons (Fsp3) is 0.400. The van der Waals surface area contributed by atoms with Crippen LogP contribution in [0.15, 0.2) is 42.6 Å². The van der Waals surface area contributed by atoms with Crippen molar-refractivity contribution in [2.75, 3.05) is 11.9 Å². The van der Waals surface area contributed by atoms with E-state index < -0.39 is 0 Å². The zero-order chi connectivity index (χ0) is 17.7. The third kappa shape index (κ3) is 4.71. The van der Waals surface area contributed by atoms with Crippen LogP contribution in [0, 0.1) is 6.92 Å². The van der Waals surface area contributed by atoms with Crippen LogP contribution >= 0.6 is 23.8 Å². The number of pyridine rings is 1. The van der Waals surface area contributed by atoms with E-state index in [0.29, 0.717) is 5.11 Å². The lowest BCUT2D eigenvalue weighted by Gasteiger charge is -2.38. The molecule has 1 aliphatic carbocycles. The molecule has 0 atom stereocenters. The average Bonchev–Trinajstić information content (AvgIpc) is 2.61. The van der Waals surface area contributed by atoms with Gasteiger partial charge in [-0.15, -0.1) is 0 Å². The minimum atomic E-state index is 0.0922. The van der Waals surface area contributed by atoms with Gasteiger partial charge >= 0.3 is 0 Å². The molecular formula is C20H24ClN3S. The van der Waals surface area contributed by atoms with Crippen molar-refractivity contribution in [1.29, 1.82) is 0 Å². The van der Waals surface area contributed by atoms with Crippen LogP contribution in [0.25, 0.3) is 0 Å². The monoisotopic (exact) mass is 373 g/mol. The molecule has 0 bridgehead atoms. The molecule has 0 unspecified atom stereocenters. The number of hydrogen-bond acceptors (Lipinski definition) is 2. The van der Waals surface area contributed by atoms with E-state index in [9.17, 15) is 0 Å². The van der Waals surface area contributed by atoms with Gasteiger partial charge in [0.25, 0.3) is 0 Å². The zero-order valence-electron chi connectivity index (χ0n) is 14.5. The van der Waals surface area contributed by atoms with Gasteiger partial charge in [-0.1, -0.05) is 43.0 Å². The smallest absolute Gasteiger partial charge is 0.171 e. The molecule has 1 aromatic carbocycles. The number of aromatic nitrogens is 1. The first-order chi connectivity index (χ1) is 12.1. The number of aryl methyl sites for hydroxylation is 1. The molecular weight excluding hydrogens is 350 g/mol. The largest absolute Gasteiger partial charge is 0.362 e. The van der Waals surface area contributed by atoms with E-state index in [2.05, 4.69) is 27.8 Å². The summed E-state index contributed by atoms with van der Waals surface area (Å²) in [6.07, 6.45) is 7.89. The fourth-order valence-electron chi connectivity index (χ4n) is 3.63. The van der Waals surface area contributed by atoms with Crippen molar-refractivity contribution < 1.29 is 0 Å². The number of halogens is 1. The van der Waals surface area contributed by atoms with Gasteiger partial charge in [0.1, 0.15) is 5.82 Å². The summed E-state index contributed by atoms with van der Waals surface area (Å²) in [6, 6.07) is 12.2. The molecule has 3 nitrogen and oxygen atoms in total. The Morgan fingerprint density at radius 1 is 1.20 bits per heavy atom. The summed E-state index contributed by atoms with van der Waals surface area (Å²) in [5.74, 6) is 0.776. The second-order valence-corrected chi connectivity index (χ2v) is 7.72. The number of anilines is 1. The highest BCUT2D eigenvalue weighted by atomic mass is 35.5. The highest BCUT2D eigenvalue weighted by Gasteiger charge is 2.34. The molecule has 1 aliphatic rings. The standard InChI is InChI=1S/C20H24ClN3S/c1-15-8-11-22-18(12-15)24-19(25)23-14-20(9-3-2-4-10-20)16-6-5-7-17(21)13-16/h5-8,11-13H,2-4,9-10,14H2,1H3,(H2,22,23,24,25). The molecule has 25 heavy (non-hydrogen) atoms. The summed E-state index contributed by atoms with van der Waals surface area (Å²) < 4.78 is 0. The van der Waals surface area contributed by atoms with Crippen LogP contribution in [-0.2, 0) is 5.41 Å². The van der Waals surface area contributed by atoms with Crippen LogP contribution in [0.2, 0.25) is 5.02 Å². The molecule has 1 fully saturated rings. The highest BCUT2D eigenvalue weighted by Crippen LogP contribution is 2.39. The number of hydrogen-bond donors (Lipinski definition) is 2. The van der Waals surface area contributed by atoms with E-state index in [1.807, 2.05) is 31.2 Å². The molecule has 0 spiro atoms. The molecule has 0 radical (unpaired) electrons. The first-order valence-corrected chi connectivity index (χ1v) is 9.60. The Labute approximate surface area is 160 Å². The molecule has 0 aliphatic heterocycles. The van der Waals surface area contributed by atoms with E-state index in [0.717, 1.165) is 35.8 Å². The van der Waals surface area contributed by atoms with Crippen molar-refractivity contribution in [2.45, 2.75) is 44.4 Å². The Hall–Kier alpha value is -1.65. The van der Waals surface area contributed by atoms with Gasteiger partial charge in [-0.2, -0.15) is 0 Å². The molecule has 0 amide bonds. The normalized spacial score (nSPS) is 16.2. The molecule has 2 N–H and O–H groups in total. The molecule has 3 rings (SSSR count). The van der Waals surface area contributed by atoms with Gasteiger partial charge in [-0.3, -0.25) is 0 Å². The van der Waals surface area contributed by atoms with E-state index in [1.165, 1.54) is 24.8 Å². The van der Waals surface area contributed by atoms with Gasteiger partial charge in [0.05, 0.1) is 0 Å². The summed E-state index contributed by atoms with van der Waals surface area (Å²) in [7, 11) is 0. The van der Waals surface area contributed by atoms with E-state index >= 15 is 0 Å². The molecule has 132 valence electrons. The van der Waals surface area contributed by atoms with Crippen LogP contribution in [0.5, 0.6) is 0 Å². The second kappa shape index (κ2) is 8.15. The van der Waals surface area contributed by atoms with Gasteiger partial charge in [-0.25, -0.2) is 4.98 Å². The third-order valence-corrected chi connectivity index (χ3v) is 5.47. The average molecular weight is 374 g/mol. The van der Waals surface area contributed by atoms with Gasteiger partial charge in [0.2, 0.25) is 0 Å². The van der Waals surface area contributed by atoms with Crippen LogP contribution in [0.1, 0.15) is 43.2 Å².